The highest BCUT2D eigenvalue weighted by Crippen LogP contribution is 2.28. The van der Waals surface area contributed by atoms with Crippen LogP contribution >= 0.6 is 15.9 Å². The average Bonchev–Trinajstić information content (AvgIpc) is 2.18. The fourth-order valence-electron chi connectivity index (χ4n) is 1.72. The molecule has 1 unspecified atom stereocenters. The highest BCUT2D eigenvalue weighted by molar-refractivity contribution is 9.10. The number of hydrogen-bond donors (Lipinski definition) is 0. The standard InChI is InChI=1S/C11H11BrO2/c12-10-3-1-2-8(6-10)9-4-5-14-11(13)7-9/h1-3,6,9H,4-5,7H2. The molecule has 2 nitrogen and oxygen atoms in total. The summed E-state index contributed by atoms with van der Waals surface area (Å²) >= 11 is 3.43. The first-order valence-corrected chi connectivity index (χ1v) is 5.46. The number of halogens is 1. The molecule has 1 saturated heterocycles. The summed E-state index contributed by atoms with van der Waals surface area (Å²) < 4.78 is 5.97. The minimum atomic E-state index is -0.0822. The minimum absolute atomic E-state index is 0.0822. The van der Waals surface area contributed by atoms with E-state index in [0.29, 0.717) is 18.9 Å². The van der Waals surface area contributed by atoms with E-state index in [2.05, 4.69) is 28.1 Å². The predicted molar refractivity (Wildman–Crippen MR) is 57.1 cm³/mol. The topological polar surface area (TPSA) is 26.3 Å². The van der Waals surface area contributed by atoms with Crippen molar-refractivity contribution in [2.45, 2.75) is 18.8 Å². The van der Waals surface area contributed by atoms with Crippen molar-refractivity contribution >= 4 is 21.9 Å². The van der Waals surface area contributed by atoms with Gasteiger partial charge in [-0.3, -0.25) is 4.79 Å². The van der Waals surface area contributed by atoms with Crippen molar-refractivity contribution in [3.63, 3.8) is 0 Å². The van der Waals surface area contributed by atoms with Crippen molar-refractivity contribution in [1.29, 1.82) is 0 Å². The van der Waals surface area contributed by atoms with Crippen LogP contribution in [0.1, 0.15) is 24.3 Å². The van der Waals surface area contributed by atoms with E-state index in [9.17, 15) is 4.79 Å². The van der Waals surface area contributed by atoms with Gasteiger partial charge in [-0.2, -0.15) is 0 Å². The van der Waals surface area contributed by atoms with Gasteiger partial charge < -0.3 is 4.74 Å². The zero-order valence-corrected chi connectivity index (χ0v) is 9.29. The Kier molecular flexibility index (Phi) is 2.87. The van der Waals surface area contributed by atoms with Crippen molar-refractivity contribution in [1.82, 2.24) is 0 Å². The fraction of sp³-hybridized carbons (Fsp3) is 0.364. The number of rotatable bonds is 1. The van der Waals surface area contributed by atoms with E-state index in [1.165, 1.54) is 5.56 Å². The molecule has 1 aromatic carbocycles. The Hall–Kier alpha value is -0.830. The van der Waals surface area contributed by atoms with E-state index in [1.54, 1.807) is 0 Å². The van der Waals surface area contributed by atoms with Gasteiger partial charge in [-0.15, -0.1) is 0 Å². The Morgan fingerprint density at radius 2 is 2.29 bits per heavy atom. The highest BCUT2D eigenvalue weighted by Gasteiger charge is 2.21. The Morgan fingerprint density at radius 1 is 1.43 bits per heavy atom. The molecule has 3 heteroatoms. The first-order valence-electron chi connectivity index (χ1n) is 4.67. The second-order valence-electron chi connectivity index (χ2n) is 3.47. The monoisotopic (exact) mass is 254 g/mol. The lowest BCUT2D eigenvalue weighted by Gasteiger charge is -2.21. The summed E-state index contributed by atoms with van der Waals surface area (Å²) in [6.45, 7) is 0.552. The van der Waals surface area contributed by atoms with Gasteiger partial charge >= 0.3 is 5.97 Å². The van der Waals surface area contributed by atoms with Crippen LogP contribution in [0.15, 0.2) is 28.7 Å². The van der Waals surface area contributed by atoms with Crippen LogP contribution in [0.2, 0.25) is 0 Å². The van der Waals surface area contributed by atoms with Crippen LogP contribution in [0, 0.1) is 0 Å². The van der Waals surface area contributed by atoms with Gasteiger partial charge in [-0.1, -0.05) is 28.1 Å². The molecule has 1 aromatic rings. The zero-order chi connectivity index (χ0) is 9.97. The minimum Gasteiger partial charge on any atom is -0.466 e. The first kappa shape index (κ1) is 9.71. The van der Waals surface area contributed by atoms with E-state index in [0.717, 1.165) is 10.9 Å². The van der Waals surface area contributed by atoms with Crippen LogP contribution in [-0.4, -0.2) is 12.6 Å². The quantitative estimate of drug-likeness (QED) is 0.721. The van der Waals surface area contributed by atoms with Crippen molar-refractivity contribution in [2.24, 2.45) is 0 Å². The van der Waals surface area contributed by atoms with Gasteiger partial charge in [0.1, 0.15) is 0 Å². The van der Waals surface area contributed by atoms with E-state index in [4.69, 9.17) is 4.74 Å². The molecular formula is C11H11BrO2. The summed E-state index contributed by atoms with van der Waals surface area (Å²) in [5.41, 5.74) is 1.22. The molecule has 1 aliphatic heterocycles. The van der Waals surface area contributed by atoms with Crippen molar-refractivity contribution in [3.8, 4) is 0 Å². The Balaban J connectivity index is 2.17. The number of carbonyl (C=O) groups excluding carboxylic acids is 1. The van der Waals surface area contributed by atoms with Gasteiger partial charge in [0, 0.05) is 4.47 Å². The third kappa shape index (κ3) is 2.15. The summed E-state index contributed by atoms with van der Waals surface area (Å²) in [4.78, 5) is 11.1. The smallest absolute Gasteiger partial charge is 0.306 e. The molecule has 0 saturated carbocycles. The van der Waals surface area contributed by atoms with Crippen molar-refractivity contribution < 1.29 is 9.53 Å². The first-order chi connectivity index (χ1) is 6.75. The van der Waals surface area contributed by atoms with Gasteiger partial charge in [0.15, 0.2) is 0 Å². The summed E-state index contributed by atoms with van der Waals surface area (Å²) in [7, 11) is 0. The van der Waals surface area contributed by atoms with Crippen molar-refractivity contribution in [2.75, 3.05) is 6.61 Å². The molecule has 0 amide bonds. The average molecular weight is 255 g/mol. The molecule has 1 aliphatic rings. The lowest BCUT2D eigenvalue weighted by Crippen LogP contribution is -2.19. The Bertz CT molecular complexity index is 349. The number of carbonyl (C=O) groups is 1. The molecule has 1 heterocycles. The number of esters is 1. The van der Waals surface area contributed by atoms with Crippen LogP contribution in [0.25, 0.3) is 0 Å². The fourth-order valence-corrected chi connectivity index (χ4v) is 2.14. The van der Waals surface area contributed by atoms with Crippen LogP contribution < -0.4 is 0 Å². The normalized spacial score (nSPS) is 21.8. The molecule has 0 aliphatic carbocycles. The molecule has 0 N–H and O–H groups in total. The molecule has 0 radical (unpaired) electrons. The van der Waals surface area contributed by atoms with Gasteiger partial charge in [-0.05, 0) is 30.0 Å². The number of cyclic esters (lactones) is 1. The number of hydrogen-bond acceptors (Lipinski definition) is 2. The SMILES string of the molecule is O=C1CC(c2cccc(Br)c2)CCO1. The summed E-state index contributed by atoms with van der Waals surface area (Å²) in [6.07, 6.45) is 1.44. The molecule has 74 valence electrons. The van der Waals surface area contributed by atoms with E-state index in [-0.39, 0.29) is 5.97 Å². The molecule has 1 fully saturated rings. The Morgan fingerprint density at radius 3 is 3.00 bits per heavy atom. The van der Waals surface area contributed by atoms with Gasteiger partial charge in [0.25, 0.3) is 0 Å². The maximum atomic E-state index is 11.1. The zero-order valence-electron chi connectivity index (χ0n) is 7.70. The van der Waals surface area contributed by atoms with Gasteiger partial charge in [-0.25, -0.2) is 0 Å². The lowest BCUT2D eigenvalue weighted by molar-refractivity contribution is -0.147. The molecule has 0 bridgehead atoms. The lowest BCUT2D eigenvalue weighted by atomic mass is 9.92. The second-order valence-corrected chi connectivity index (χ2v) is 4.38. The van der Waals surface area contributed by atoms with Crippen LogP contribution in [0.4, 0.5) is 0 Å². The van der Waals surface area contributed by atoms with Gasteiger partial charge in [0.05, 0.1) is 13.0 Å². The summed E-state index contributed by atoms with van der Waals surface area (Å²) in [5.74, 6) is 0.245. The molecule has 0 spiro atoms. The third-order valence-corrected chi connectivity index (χ3v) is 2.96. The van der Waals surface area contributed by atoms with Crippen LogP contribution in [0.3, 0.4) is 0 Å². The molecular weight excluding hydrogens is 244 g/mol. The van der Waals surface area contributed by atoms with E-state index >= 15 is 0 Å². The largest absolute Gasteiger partial charge is 0.466 e. The van der Waals surface area contributed by atoms with E-state index < -0.39 is 0 Å². The maximum Gasteiger partial charge on any atom is 0.306 e. The van der Waals surface area contributed by atoms with E-state index in [1.807, 2.05) is 12.1 Å². The second kappa shape index (κ2) is 4.13. The molecule has 1 atom stereocenters. The maximum absolute atomic E-state index is 11.1. The predicted octanol–water partition coefficient (Wildman–Crippen LogP) is 2.87. The number of ether oxygens (including phenoxy) is 1. The van der Waals surface area contributed by atoms with Crippen LogP contribution in [0.5, 0.6) is 0 Å². The summed E-state index contributed by atoms with van der Waals surface area (Å²) in [5, 5.41) is 0. The Labute approximate surface area is 91.4 Å². The molecule has 14 heavy (non-hydrogen) atoms. The van der Waals surface area contributed by atoms with Crippen LogP contribution in [-0.2, 0) is 9.53 Å². The molecule has 0 aromatic heterocycles. The van der Waals surface area contributed by atoms with Gasteiger partial charge in [0.2, 0.25) is 0 Å². The highest BCUT2D eigenvalue weighted by atomic mass is 79.9. The molecule has 2 rings (SSSR count). The van der Waals surface area contributed by atoms with Crippen molar-refractivity contribution in [3.05, 3.63) is 34.3 Å². The third-order valence-electron chi connectivity index (χ3n) is 2.46. The number of benzene rings is 1. The summed E-state index contributed by atoms with van der Waals surface area (Å²) in [6, 6.07) is 8.13.